The first-order valence-electron chi connectivity index (χ1n) is 7.15. The van der Waals surface area contributed by atoms with Crippen LogP contribution in [-0.2, 0) is 4.74 Å². The number of methoxy groups -OCH3 is 1. The Morgan fingerprint density at radius 1 is 1.41 bits per heavy atom. The van der Waals surface area contributed by atoms with E-state index in [0.29, 0.717) is 18.0 Å². The molecule has 102 valence electrons. The predicted molar refractivity (Wildman–Crippen MR) is 73.4 cm³/mol. The Morgan fingerprint density at radius 2 is 2.18 bits per heavy atom. The summed E-state index contributed by atoms with van der Waals surface area (Å²) in [6.07, 6.45) is 3.87. The summed E-state index contributed by atoms with van der Waals surface area (Å²) >= 11 is 0. The second-order valence-electron chi connectivity index (χ2n) is 5.55. The van der Waals surface area contributed by atoms with Crippen LogP contribution in [0.1, 0.15) is 40.0 Å². The van der Waals surface area contributed by atoms with Crippen LogP contribution in [0.2, 0.25) is 0 Å². The number of ether oxygens (including phenoxy) is 1. The van der Waals surface area contributed by atoms with Crippen molar-refractivity contribution in [2.75, 3.05) is 33.4 Å². The van der Waals surface area contributed by atoms with Gasteiger partial charge in [0.1, 0.15) is 0 Å². The van der Waals surface area contributed by atoms with Gasteiger partial charge in [0.05, 0.1) is 6.61 Å². The van der Waals surface area contributed by atoms with Crippen molar-refractivity contribution in [3.8, 4) is 0 Å². The van der Waals surface area contributed by atoms with E-state index in [1.165, 1.54) is 32.4 Å². The highest BCUT2D eigenvalue weighted by Gasteiger charge is 2.27. The lowest BCUT2D eigenvalue weighted by Gasteiger charge is -2.40. The third-order valence-electron chi connectivity index (χ3n) is 3.71. The van der Waals surface area contributed by atoms with Crippen LogP contribution < -0.4 is 5.32 Å². The molecule has 1 aliphatic rings. The molecule has 1 fully saturated rings. The standard InChI is InChI=1S/C14H30N2O/c1-5-8-15-13-7-6-9-16(10-13)14(11-17-4)12(2)3/h12-15H,5-11H2,1-4H3. The molecule has 3 heteroatoms. The molecule has 1 aliphatic heterocycles. The summed E-state index contributed by atoms with van der Waals surface area (Å²) in [5.74, 6) is 0.667. The Morgan fingerprint density at radius 3 is 2.76 bits per heavy atom. The van der Waals surface area contributed by atoms with Crippen molar-refractivity contribution in [1.29, 1.82) is 0 Å². The van der Waals surface area contributed by atoms with Crippen molar-refractivity contribution in [2.24, 2.45) is 5.92 Å². The van der Waals surface area contributed by atoms with Crippen LogP contribution in [0.3, 0.4) is 0 Å². The second-order valence-corrected chi connectivity index (χ2v) is 5.55. The van der Waals surface area contributed by atoms with E-state index in [4.69, 9.17) is 4.74 Å². The van der Waals surface area contributed by atoms with E-state index in [9.17, 15) is 0 Å². The highest BCUT2D eigenvalue weighted by molar-refractivity contribution is 4.84. The number of rotatable bonds is 7. The smallest absolute Gasteiger partial charge is 0.0620 e. The normalized spacial score (nSPS) is 24.2. The number of hydrogen-bond donors (Lipinski definition) is 1. The van der Waals surface area contributed by atoms with Crippen LogP contribution in [0.25, 0.3) is 0 Å². The number of piperidine rings is 1. The zero-order valence-corrected chi connectivity index (χ0v) is 12.0. The molecule has 0 aromatic carbocycles. The minimum absolute atomic E-state index is 0.575. The molecule has 2 unspecified atom stereocenters. The maximum Gasteiger partial charge on any atom is 0.0620 e. The van der Waals surface area contributed by atoms with Gasteiger partial charge in [-0.3, -0.25) is 4.90 Å². The molecular formula is C14H30N2O. The number of hydrogen-bond acceptors (Lipinski definition) is 3. The van der Waals surface area contributed by atoms with E-state index in [1.54, 1.807) is 0 Å². The number of nitrogens with zero attached hydrogens (tertiary/aromatic N) is 1. The Hall–Kier alpha value is -0.120. The van der Waals surface area contributed by atoms with Gasteiger partial charge in [-0.2, -0.15) is 0 Å². The molecule has 0 aromatic rings. The molecule has 2 atom stereocenters. The molecule has 0 bridgehead atoms. The second kappa shape index (κ2) is 8.06. The molecule has 3 nitrogen and oxygen atoms in total. The van der Waals surface area contributed by atoms with Gasteiger partial charge in [0.15, 0.2) is 0 Å². The van der Waals surface area contributed by atoms with Gasteiger partial charge in [-0.1, -0.05) is 20.8 Å². The van der Waals surface area contributed by atoms with Crippen molar-refractivity contribution >= 4 is 0 Å². The summed E-state index contributed by atoms with van der Waals surface area (Å²) < 4.78 is 5.37. The molecule has 0 radical (unpaired) electrons. The van der Waals surface area contributed by atoms with Crippen LogP contribution in [0.15, 0.2) is 0 Å². The average Bonchev–Trinajstić information content (AvgIpc) is 2.33. The Balaban J connectivity index is 2.45. The van der Waals surface area contributed by atoms with E-state index in [0.717, 1.165) is 13.2 Å². The van der Waals surface area contributed by atoms with Crippen molar-refractivity contribution in [3.63, 3.8) is 0 Å². The number of nitrogens with one attached hydrogen (secondary N) is 1. The van der Waals surface area contributed by atoms with Crippen LogP contribution in [0, 0.1) is 5.92 Å². The summed E-state index contributed by atoms with van der Waals surface area (Å²) in [5, 5.41) is 3.65. The molecular weight excluding hydrogens is 212 g/mol. The molecule has 0 amide bonds. The lowest BCUT2D eigenvalue weighted by molar-refractivity contribution is 0.0434. The van der Waals surface area contributed by atoms with Crippen LogP contribution in [-0.4, -0.2) is 50.3 Å². The molecule has 0 aromatic heterocycles. The highest BCUT2D eigenvalue weighted by atomic mass is 16.5. The van der Waals surface area contributed by atoms with Crippen molar-refractivity contribution < 1.29 is 4.74 Å². The van der Waals surface area contributed by atoms with Gasteiger partial charge in [0.2, 0.25) is 0 Å². The Bertz CT molecular complexity index is 197. The van der Waals surface area contributed by atoms with Crippen molar-refractivity contribution in [1.82, 2.24) is 10.2 Å². The van der Waals surface area contributed by atoms with Gasteiger partial charge in [0.25, 0.3) is 0 Å². The largest absolute Gasteiger partial charge is 0.383 e. The Labute approximate surface area is 107 Å². The molecule has 0 saturated carbocycles. The van der Waals surface area contributed by atoms with E-state index < -0.39 is 0 Å². The molecule has 1 rings (SSSR count). The molecule has 1 N–H and O–H groups in total. The summed E-state index contributed by atoms with van der Waals surface area (Å²) in [7, 11) is 1.81. The van der Waals surface area contributed by atoms with Gasteiger partial charge >= 0.3 is 0 Å². The fraction of sp³-hybridized carbons (Fsp3) is 1.00. The van der Waals surface area contributed by atoms with Crippen molar-refractivity contribution in [3.05, 3.63) is 0 Å². The SMILES string of the molecule is CCCNC1CCCN(C(COC)C(C)C)C1. The zero-order valence-electron chi connectivity index (χ0n) is 12.0. The average molecular weight is 242 g/mol. The van der Waals surface area contributed by atoms with E-state index >= 15 is 0 Å². The topological polar surface area (TPSA) is 24.5 Å². The van der Waals surface area contributed by atoms with Crippen LogP contribution >= 0.6 is 0 Å². The predicted octanol–water partition coefficient (Wildman–Crippen LogP) is 2.12. The first-order chi connectivity index (χ1) is 8.19. The van der Waals surface area contributed by atoms with Gasteiger partial charge in [-0.05, 0) is 38.3 Å². The number of likely N-dealkylation sites (tertiary alicyclic amines) is 1. The molecule has 0 spiro atoms. The lowest BCUT2D eigenvalue weighted by Crippen LogP contribution is -2.52. The van der Waals surface area contributed by atoms with Crippen molar-refractivity contribution in [2.45, 2.75) is 52.1 Å². The summed E-state index contributed by atoms with van der Waals surface area (Å²) in [5.41, 5.74) is 0. The van der Waals surface area contributed by atoms with Gasteiger partial charge < -0.3 is 10.1 Å². The van der Waals surface area contributed by atoms with Gasteiger partial charge in [-0.15, -0.1) is 0 Å². The summed E-state index contributed by atoms with van der Waals surface area (Å²) in [6.45, 7) is 11.3. The third-order valence-corrected chi connectivity index (χ3v) is 3.71. The van der Waals surface area contributed by atoms with Gasteiger partial charge in [-0.25, -0.2) is 0 Å². The first-order valence-corrected chi connectivity index (χ1v) is 7.15. The zero-order chi connectivity index (χ0) is 12.7. The minimum Gasteiger partial charge on any atom is -0.383 e. The van der Waals surface area contributed by atoms with E-state index in [1.807, 2.05) is 7.11 Å². The van der Waals surface area contributed by atoms with Crippen LogP contribution in [0.4, 0.5) is 0 Å². The maximum atomic E-state index is 5.37. The molecule has 1 heterocycles. The first kappa shape index (κ1) is 14.9. The fourth-order valence-electron chi connectivity index (χ4n) is 2.71. The molecule has 17 heavy (non-hydrogen) atoms. The van der Waals surface area contributed by atoms with Gasteiger partial charge in [0, 0.05) is 25.7 Å². The third kappa shape index (κ3) is 4.94. The summed E-state index contributed by atoms with van der Waals surface area (Å²) in [6, 6.07) is 1.26. The monoisotopic (exact) mass is 242 g/mol. The lowest BCUT2D eigenvalue weighted by atomic mass is 9.98. The van der Waals surface area contributed by atoms with Crippen LogP contribution in [0.5, 0.6) is 0 Å². The molecule has 1 saturated heterocycles. The fourth-order valence-corrected chi connectivity index (χ4v) is 2.71. The summed E-state index contributed by atoms with van der Waals surface area (Å²) in [4.78, 5) is 2.62. The highest BCUT2D eigenvalue weighted by Crippen LogP contribution is 2.18. The Kier molecular flexibility index (Phi) is 7.09. The quantitative estimate of drug-likeness (QED) is 0.740. The maximum absolute atomic E-state index is 5.37. The van der Waals surface area contributed by atoms with E-state index in [-0.39, 0.29) is 0 Å². The van der Waals surface area contributed by atoms with E-state index in [2.05, 4.69) is 31.0 Å². The minimum atomic E-state index is 0.575. The molecule has 0 aliphatic carbocycles.